The Kier molecular flexibility index (Phi) is 3.94. The highest BCUT2D eigenvalue weighted by molar-refractivity contribution is 5.22. The topological polar surface area (TPSA) is 29.9 Å². The van der Waals surface area contributed by atoms with Crippen molar-refractivity contribution in [1.29, 1.82) is 0 Å². The molecule has 2 rings (SSSR count). The van der Waals surface area contributed by atoms with E-state index in [2.05, 4.69) is 41.5 Å². The van der Waals surface area contributed by atoms with E-state index in [0.717, 1.165) is 19.5 Å². The fourth-order valence-corrected chi connectivity index (χ4v) is 1.87. The highest BCUT2D eigenvalue weighted by Crippen LogP contribution is 2.04. The van der Waals surface area contributed by atoms with E-state index in [-0.39, 0.29) is 0 Å². The highest BCUT2D eigenvalue weighted by atomic mass is 15.0. The molecule has 0 aliphatic rings. The Morgan fingerprint density at radius 1 is 1.35 bits per heavy atom. The molecule has 0 saturated heterocycles. The van der Waals surface area contributed by atoms with E-state index < -0.39 is 0 Å². The Bertz CT molecular complexity index is 474. The lowest BCUT2D eigenvalue weighted by Gasteiger charge is -2.06. The number of rotatable bonds is 5. The van der Waals surface area contributed by atoms with Crippen molar-refractivity contribution in [2.24, 2.45) is 7.05 Å². The second-order valence-electron chi connectivity index (χ2n) is 4.41. The third kappa shape index (κ3) is 3.43. The summed E-state index contributed by atoms with van der Waals surface area (Å²) in [7, 11) is 2.02. The van der Waals surface area contributed by atoms with Crippen molar-refractivity contribution in [2.75, 3.05) is 6.54 Å². The maximum Gasteiger partial charge on any atom is 0.0945 e. The third-order valence-electron chi connectivity index (χ3n) is 2.90. The maximum atomic E-state index is 4.09. The largest absolute Gasteiger partial charge is 0.337 e. The normalized spacial score (nSPS) is 10.7. The lowest BCUT2D eigenvalue weighted by atomic mass is 10.1. The molecule has 0 atom stereocenters. The van der Waals surface area contributed by atoms with Gasteiger partial charge < -0.3 is 9.88 Å². The van der Waals surface area contributed by atoms with E-state index in [4.69, 9.17) is 0 Å². The molecular weight excluding hydrogens is 210 g/mol. The molecule has 1 heterocycles. The molecule has 0 amide bonds. The van der Waals surface area contributed by atoms with Crippen LogP contribution in [0.25, 0.3) is 0 Å². The molecule has 3 heteroatoms. The number of nitrogens with one attached hydrogen (secondary N) is 1. The van der Waals surface area contributed by atoms with Gasteiger partial charge in [0.05, 0.1) is 12.0 Å². The molecule has 0 unspecified atom stereocenters. The van der Waals surface area contributed by atoms with E-state index in [1.54, 1.807) is 0 Å². The van der Waals surface area contributed by atoms with Gasteiger partial charge in [0.1, 0.15) is 0 Å². The predicted octanol–water partition coefficient (Wildman–Crippen LogP) is 2.06. The first kappa shape index (κ1) is 11.9. The van der Waals surface area contributed by atoms with Crippen LogP contribution >= 0.6 is 0 Å². The summed E-state index contributed by atoms with van der Waals surface area (Å²) in [5, 5.41) is 3.44. The van der Waals surface area contributed by atoms with Crippen molar-refractivity contribution in [1.82, 2.24) is 14.9 Å². The van der Waals surface area contributed by atoms with E-state index in [9.17, 15) is 0 Å². The number of hydrogen-bond acceptors (Lipinski definition) is 2. The van der Waals surface area contributed by atoms with Crippen LogP contribution < -0.4 is 5.32 Å². The predicted molar refractivity (Wildman–Crippen MR) is 69.8 cm³/mol. The SMILES string of the molecule is Cc1cccc(CCNCc2cncn2C)c1. The van der Waals surface area contributed by atoms with Crippen LogP contribution in [0.15, 0.2) is 36.8 Å². The van der Waals surface area contributed by atoms with Crippen LogP contribution in [-0.4, -0.2) is 16.1 Å². The fourth-order valence-electron chi connectivity index (χ4n) is 1.87. The highest BCUT2D eigenvalue weighted by Gasteiger charge is 1.97. The summed E-state index contributed by atoms with van der Waals surface area (Å²) in [5.41, 5.74) is 3.94. The lowest BCUT2D eigenvalue weighted by Crippen LogP contribution is -2.18. The second kappa shape index (κ2) is 5.64. The summed E-state index contributed by atoms with van der Waals surface area (Å²) in [6, 6.07) is 8.67. The summed E-state index contributed by atoms with van der Waals surface area (Å²) < 4.78 is 2.04. The number of nitrogens with zero attached hydrogens (tertiary/aromatic N) is 2. The number of imidazole rings is 1. The summed E-state index contributed by atoms with van der Waals surface area (Å²) >= 11 is 0. The van der Waals surface area contributed by atoms with Gasteiger partial charge in [-0.2, -0.15) is 0 Å². The van der Waals surface area contributed by atoms with Gasteiger partial charge >= 0.3 is 0 Å². The number of hydrogen-bond donors (Lipinski definition) is 1. The van der Waals surface area contributed by atoms with Gasteiger partial charge in [-0.3, -0.25) is 0 Å². The van der Waals surface area contributed by atoms with Crippen LogP contribution in [0, 0.1) is 6.92 Å². The molecule has 0 fully saturated rings. The summed E-state index contributed by atoms with van der Waals surface area (Å²) in [4.78, 5) is 4.09. The van der Waals surface area contributed by atoms with Crippen LogP contribution in [0.4, 0.5) is 0 Å². The zero-order valence-electron chi connectivity index (χ0n) is 10.5. The Balaban J connectivity index is 1.75. The van der Waals surface area contributed by atoms with Gasteiger partial charge in [0, 0.05) is 19.8 Å². The lowest BCUT2D eigenvalue weighted by molar-refractivity contribution is 0.653. The molecule has 17 heavy (non-hydrogen) atoms. The zero-order chi connectivity index (χ0) is 12.1. The maximum absolute atomic E-state index is 4.09. The molecule has 90 valence electrons. The molecule has 0 radical (unpaired) electrons. The Hall–Kier alpha value is -1.61. The molecule has 1 aromatic heterocycles. The summed E-state index contributed by atoms with van der Waals surface area (Å²) in [6.07, 6.45) is 4.80. The van der Waals surface area contributed by atoms with Gasteiger partial charge in [-0.15, -0.1) is 0 Å². The summed E-state index contributed by atoms with van der Waals surface area (Å²) in [5.74, 6) is 0. The van der Waals surface area contributed by atoms with Crippen LogP contribution in [0.5, 0.6) is 0 Å². The number of aryl methyl sites for hydroxylation is 2. The van der Waals surface area contributed by atoms with Gasteiger partial charge in [-0.1, -0.05) is 29.8 Å². The quantitative estimate of drug-likeness (QED) is 0.795. The van der Waals surface area contributed by atoms with E-state index in [1.165, 1.54) is 16.8 Å². The Morgan fingerprint density at radius 2 is 2.24 bits per heavy atom. The van der Waals surface area contributed by atoms with Gasteiger partial charge in [-0.25, -0.2) is 4.98 Å². The minimum atomic E-state index is 0.877. The van der Waals surface area contributed by atoms with Gasteiger partial charge in [0.2, 0.25) is 0 Å². The molecule has 3 nitrogen and oxygen atoms in total. The van der Waals surface area contributed by atoms with Crippen LogP contribution in [-0.2, 0) is 20.0 Å². The average molecular weight is 229 g/mol. The molecule has 0 bridgehead atoms. The molecular formula is C14H19N3. The van der Waals surface area contributed by atoms with Crippen molar-refractivity contribution in [2.45, 2.75) is 19.9 Å². The smallest absolute Gasteiger partial charge is 0.0945 e. The van der Waals surface area contributed by atoms with E-state index >= 15 is 0 Å². The molecule has 0 spiro atoms. The first-order chi connectivity index (χ1) is 8.25. The number of benzene rings is 1. The zero-order valence-corrected chi connectivity index (χ0v) is 10.5. The van der Waals surface area contributed by atoms with Crippen molar-refractivity contribution in [3.05, 3.63) is 53.6 Å². The first-order valence-corrected chi connectivity index (χ1v) is 5.97. The minimum Gasteiger partial charge on any atom is -0.337 e. The second-order valence-corrected chi connectivity index (χ2v) is 4.41. The molecule has 2 aromatic rings. The standard InChI is InChI=1S/C14H19N3/c1-12-4-3-5-13(8-12)6-7-15-9-14-10-16-11-17(14)2/h3-5,8,10-11,15H,6-7,9H2,1-2H3. The van der Waals surface area contributed by atoms with E-state index in [1.807, 2.05) is 24.1 Å². The van der Waals surface area contributed by atoms with Gasteiger partial charge in [0.15, 0.2) is 0 Å². The molecule has 0 aliphatic carbocycles. The van der Waals surface area contributed by atoms with Crippen molar-refractivity contribution in [3.8, 4) is 0 Å². The molecule has 0 saturated carbocycles. The Labute approximate surface area is 103 Å². The van der Waals surface area contributed by atoms with Crippen molar-refractivity contribution < 1.29 is 0 Å². The Morgan fingerprint density at radius 3 is 2.94 bits per heavy atom. The molecule has 1 aromatic carbocycles. The first-order valence-electron chi connectivity index (χ1n) is 5.97. The molecule has 1 N–H and O–H groups in total. The third-order valence-corrected chi connectivity index (χ3v) is 2.90. The van der Waals surface area contributed by atoms with Crippen LogP contribution in [0.2, 0.25) is 0 Å². The minimum absolute atomic E-state index is 0.877. The fraction of sp³-hybridized carbons (Fsp3) is 0.357. The monoisotopic (exact) mass is 229 g/mol. The van der Waals surface area contributed by atoms with Crippen LogP contribution in [0.1, 0.15) is 16.8 Å². The van der Waals surface area contributed by atoms with Crippen LogP contribution in [0.3, 0.4) is 0 Å². The van der Waals surface area contributed by atoms with Crippen molar-refractivity contribution >= 4 is 0 Å². The van der Waals surface area contributed by atoms with Crippen molar-refractivity contribution in [3.63, 3.8) is 0 Å². The summed E-state index contributed by atoms with van der Waals surface area (Å²) in [6.45, 7) is 4.00. The van der Waals surface area contributed by atoms with Gasteiger partial charge in [0.25, 0.3) is 0 Å². The van der Waals surface area contributed by atoms with Gasteiger partial charge in [-0.05, 0) is 25.5 Å². The van der Waals surface area contributed by atoms with E-state index in [0.29, 0.717) is 0 Å². The molecule has 0 aliphatic heterocycles. The number of aromatic nitrogens is 2. The average Bonchev–Trinajstić information content (AvgIpc) is 2.71.